The van der Waals surface area contributed by atoms with E-state index in [1.165, 1.54) is 0 Å². The van der Waals surface area contributed by atoms with Crippen LogP contribution in [0.15, 0.2) is 60.8 Å². The summed E-state index contributed by atoms with van der Waals surface area (Å²) < 4.78 is 16.2. The molecule has 0 aliphatic heterocycles. The number of ether oxygens (including phenoxy) is 3. The van der Waals surface area contributed by atoms with Crippen LogP contribution in [0.5, 0.6) is 0 Å². The Morgan fingerprint density at radius 1 is 0.493 bits per heavy atom. The number of rotatable bonds is 13. The molecule has 8 bridgehead atoms. The van der Waals surface area contributed by atoms with Crippen molar-refractivity contribution in [2.45, 2.75) is 135 Å². The summed E-state index contributed by atoms with van der Waals surface area (Å²) in [5, 5.41) is 41.0. The first-order valence-corrected chi connectivity index (χ1v) is 26.5. The number of aliphatic carboxylic acids is 4. The first-order chi connectivity index (χ1) is 34.4. The van der Waals surface area contributed by atoms with Crippen molar-refractivity contribution in [3.63, 3.8) is 0 Å². The van der Waals surface area contributed by atoms with Gasteiger partial charge in [-0.2, -0.15) is 0 Å². The molecule has 15 atom stereocenters. The minimum absolute atomic E-state index is 0.0697. The molecule has 16 heteroatoms. The summed E-state index contributed by atoms with van der Waals surface area (Å²) in [6, 6.07) is 0. The van der Waals surface area contributed by atoms with Gasteiger partial charge in [-0.05, 0) is 121 Å². The van der Waals surface area contributed by atoms with Crippen molar-refractivity contribution in [2.24, 2.45) is 107 Å². The Labute approximate surface area is 439 Å². The van der Waals surface area contributed by atoms with Crippen LogP contribution in [0.1, 0.15) is 135 Å². The molecule has 0 aromatic carbocycles. The summed E-state index contributed by atoms with van der Waals surface area (Å²) in [6.45, 7) is 23.0. The average molecular weight is 1040 g/mol. The normalized spacial score (nSPS) is 38.4. The van der Waals surface area contributed by atoms with Gasteiger partial charge in [0.05, 0.1) is 45.0 Å². The number of carbonyl (C=O) groups is 9. The lowest BCUT2D eigenvalue weighted by molar-refractivity contribution is -0.209. The van der Waals surface area contributed by atoms with E-state index >= 15 is 0 Å². The standard InChI is InChI=1S/C38H52O10.C21H26O6/c1-31(2,3)35(27(41)42)21-13-15-23(19-21)37(35,33(7,8)9)29(45)47-25(39)17-18-26(40)48-30(46)38(34(10,11)12)24-16-14-22(20-24)36(38,28(43)44)32(4,5)6;1-20(14-6-4-13(10-14)16(20)17(22)23)19(26)27-8-2-7-21(18(24)25)11-12-3-5-15(21)9-12/h13-18,21-24H,19-20H2,1-12H3,(H,41,42)(H,43,44);3-6,12-16H,2,7-11H2,1H3,(H,22,23)(H,24,25)/b18-17-;/t;12?,13?,14?,15?,16-,20-,21?/m.1/s1. The van der Waals surface area contributed by atoms with Crippen LogP contribution >= 0.6 is 0 Å². The number of hydrogen-bond donors (Lipinski definition) is 4. The van der Waals surface area contributed by atoms with Crippen LogP contribution in [0.2, 0.25) is 0 Å². The summed E-state index contributed by atoms with van der Waals surface area (Å²) in [4.78, 5) is 118. The second kappa shape index (κ2) is 18.5. The van der Waals surface area contributed by atoms with Crippen LogP contribution < -0.4 is 0 Å². The Bertz CT molecular complexity index is 2490. The fourth-order valence-electron chi connectivity index (χ4n) is 17.6. The molecule has 4 saturated carbocycles. The van der Waals surface area contributed by atoms with Gasteiger partial charge in [0.25, 0.3) is 0 Å². The molecule has 8 aliphatic rings. The second-order valence-electron chi connectivity index (χ2n) is 27.1. The fraction of sp³-hybridized carbons (Fsp3) is 0.678. The lowest BCUT2D eigenvalue weighted by atomic mass is 9.41. The number of hydrogen-bond acceptors (Lipinski definition) is 12. The van der Waals surface area contributed by atoms with Crippen LogP contribution in [0.4, 0.5) is 0 Å². The molecular formula is C59H78O16. The van der Waals surface area contributed by atoms with Crippen molar-refractivity contribution < 1.29 is 77.8 Å². The van der Waals surface area contributed by atoms with E-state index in [1.807, 2.05) is 42.5 Å². The van der Waals surface area contributed by atoms with E-state index in [4.69, 9.17) is 14.2 Å². The molecule has 0 radical (unpaired) electrons. The molecule has 0 spiro atoms. The van der Waals surface area contributed by atoms with Gasteiger partial charge in [-0.15, -0.1) is 0 Å². The van der Waals surface area contributed by atoms with Crippen LogP contribution in [-0.4, -0.2) is 80.8 Å². The molecule has 8 aliphatic carbocycles. The molecule has 4 fully saturated rings. The predicted molar refractivity (Wildman–Crippen MR) is 271 cm³/mol. The molecule has 4 N–H and O–H groups in total. The smallest absolute Gasteiger partial charge is 0.338 e. The molecule has 75 heavy (non-hydrogen) atoms. The van der Waals surface area contributed by atoms with Gasteiger partial charge in [-0.25, -0.2) is 9.59 Å². The zero-order valence-electron chi connectivity index (χ0n) is 45.8. The van der Waals surface area contributed by atoms with Crippen LogP contribution in [0, 0.1) is 107 Å². The van der Waals surface area contributed by atoms with E-state index in [0.29, 0.717) is 56.6 Å². The first-order valence-electron chi connectivity index (χ1n) is 26.5. The fourth-order valence-corrected chi connectivity index (χ4v) is 17.6. The lowest BCUT2D eigenvalue weighted by Crippen LogP contribution is -2.66. The molecule has 0 aromatic rings. The van der Waals surface area contributed by atoms with Gasteiger partial charge in [0.1, 0.15) is 0 Å². The highest BCUT2D eigenvalue weighted by atomic mass is 16.6. The van der Waals surface area contributed by atoms with Crippen LogP contribution in [-0.2, 0) is 57.4 Å². The summed E-state index contributed by atoms with van der Waals surface area (Å²) in [7, 11) is 0. The van der Waals surface area contributed by atoms with E-state index in [0.717, 1.165) is 6.42 Å². The highest BCUT2D eigenvalue weighted by Crippen LogP contribution is 2.77. The number of esters is 5. The zero-order valence-corrected chi connectivity index (χ0v) is 45.8. The molecule has 0 heterocycles. The van der Waals surface area contributed by atoms with E-state index < -0.39 is 137 Å². The summed E-state index contributed by atoms with van der Waals surface area (Å²) in [5.74, 6) is -11.4. The third-order valence-electron chi connectivity index (χ3n) is 20.0. The Kier molecular flexibility index (Phi) is 14.1. The Morgan fingerprint density at radius 3 is 1.24 bits per heavy atom. The molecular weight excluding hydrogens is 965 g/mol. The van der Waals surface area contributed by atoms with E-state index in [1.54, 1.807) is 90.0 Å². The molecule has 0 aromatic heterocycles. The summed E-state index contributed by atoms with van der Waals surface area (Å²) in [6.07, 6.45) is 20.7. The third kappa shape index (κ3) is 7.80. The summed E-state index contributed by atoms with van der Waals surface area (Å²) in [5.41, 5.74) is -12.0. The van der Waals surface area contributed by atoms with Gasteiger partial charge in [-0.3, -0.25) is 33.6 Å². The highest BCUT2D eigenvalue weighted by Gasteiger charge is 2.82. The maximum atomic E-state index is 14.2. The monoisotopic (exact) mass is 1040 g/mol. The van der Waals surface area contributed by atoms with Gasteiger partial charge in [0, 0.05) is 12.2 Å². The Balaban J connectivity index is 0.000000255. The van der Waals surface area contributed by atoms with Crippen molar-refractivity contribution >= 4 is 53.7 Å². The highest BCUT2D eigenvalue weighted by molar-refractivity contribution is 6.03. The molecule has 0 saturated heterocycles. The molecule has 13 unspecified atom stereocenters. The number of carboxylic acids is 4. The molecule has 410 valence electrons. The summed E-state index contributed by atoms with van der Waals surface area (Å²) >= 11 is 0. The molecule has 8 rings (SSSR count). The third-order valence-corrected chi connectivity index (χ3v) is 20.0. The largest absolute Gasteiger partial charge is 0.481 e. The van der Waals surface area contributed by atoms with Crippen molar-refractivity contribution in [2.75, 3.05) is 6.61 Å². The van der Waals surface area contributed by atoms with Crippen molar-refractivity contribution in [1.82, 2.24) is 0 Å². The van der Waals surface area contributed by atoms with Crippen molar-refractivity contribution in [1.29, 1.82) is 0 Å². The van der Waals surface area contributed by atoms with Crippen molar-refractivity contribution in [3.05, 3.63) is 60.8 Å². The van der Waals surface area contributed by atoms with Crippen LogP contribution in [0.25, 0.3) is 0 Å². The molecule has 0 amide bonds. The lowest BCUT2D eigenvalue weighted by Gasteiger charge is -2.58. The Morgan fingerprint density at radius 2 is 0.893 bits per heavy atom. The van der Waals surface area contributed by atoms with E-state index in [-0.39, 0.29) is 24.4 Å². The van der Waals surface area contributed by atoms with Gasteiger partial charge >= 0.3 is 53.7 Å². The van der Waals surface area contributed by atoms with E-state index in [9.17, 15) is 63.6 Å². The topological polar surface area (TPSA) is 262 Å². The minimum atomic E-state index is -1.63. The predicted octanol–water partition coefficient (Wildman–Crippen LogP) is 9.28. The van der Waals surface area contributed by atoms with Gasteiger partial charge in [-0.1, -0.05) is 132 Å². The maximum absolute atomic E-state index is 14.2. The van der Waals surface area contributed by atoms with Gasteiger partial charge in [0.2, 0.25) is 0 Å². The minimum Gasteiger partial charge on any atom is -0.481 e. The number of carboxylic acid groups (broad SMARTS) is 4. The van der Waals surface area contributed by atoms with Gasteiger partial charge in [0.15, 0.2) is 0 Å². The maximum Gasteiger partial charge on any atom is 0.338 e. The number of carbonyl (C=O) groups excluding carboxylic acids is 5. The first kappa shape index (κ1) is 57.0. The number of fused-ring (bicyclic) bond motifs is 8. The van der Waals surface area contributed by atoms with E-state index in [2.05, 4.69) is 6.08 Å². The molecule has 16 nitrogen and oxygen atoms in total. The van der Waals surface area contributed by atoms with Crippen molar-refractivity contribution in [3.8, 4) is 0 Å². The second-order valence-corrected chi connectivity index (χ2v) is 27.1. The SMILES string of the molecule is CC(C)(C)C1(C(=O)O)C2C=CC(C2)C1(C(=O)OC(=O)/C=C\C(=O)OC(=O)C1(C(C)(C)C)C2C=CC(C2)C1(C(=O)O)C(C)(C)C)C(C)(C)C.C[C@@]1(C(=O)OCCCC2(C(=O)O)CC3C=CC2C3)C2C=CC(C2)[C@@H]1C(=O)O. The Hall–Kier alpha value is -5.67. The van der Waals surface area contributed by atoms with Crippen LogP contribution in [0.3, 0.4) is 0 Å². The zero-order chi connectivity index (χ0) is 56.2. The number of allylic oxidation sites excluding steroid dienone is 8. The average Bonchev–Trinajstić information content (AvgIpc) is 4.15. The quantitative estimate of drug-likeness (QED) is 0.0334. The van der Waals surface area contributed by atoms with Gasteiger partial charge < -0.3 is 34.6 Å².